The number of nitrogens with zero attached hydrogens (tertiary/aromatic N) is 1. The molecule has 0 saturated carbocycles. The summed E-state index contributed by atoms with van der Waals surface area (Å²) in [6, 6.07) is 6.55. The van der Waals surface area contributed by atoms with Gasteiger partial charge in [0.25, 0.3) is 0 Å². The van der Waals surface area contributed by atoms with Gasteiger partial charge in [-0.15, -0.1) is 0 Å². The topological polar surface area (TPSA) is 112 Å². The Balaban J connectivity index is 2.71. The van der Waals surface area contributed by atoms with Gasteiger partial charge in [0.05, 0.1) is 35.8 Å². The van der Waals surface area contributed by atoms with E-state index < -0.39 is 17.9 Å². The van der Waals surface area contributed by atoms with E-state index in [1.54, 1.807) is 6.07 Å². The molecular weight excluding hydrogens is 383 g/mol. The first-order valence-corrected chi connectivity index (χ1v) is 8.00. The van der Waals surface area contributed by atoms with E-state index in [1.807, 2.05) is 6.07 Å². The third-order valence-corrected chi connectivity index (χ3v) is 4.45. The predicted molar refractivity (Wildman–Crippen MR) is 92.8 cm³/mol. The molecule has 1 unspecified atom stereocenters. The number of nitrogens with two attached hydrogens (primary N) is 1. The van der Waals surface area contributed by atoms with Crippen molar-refractivity contribution in [3.05, 3.63) is 56.6 Å². The molecule has 2 N–H and O–H groups in total. The summed E-state index contributed by atoms with van der Waals surface area (Å²) in [5.74, 6) is -2.65. The highest BCUT2D eigenvalue weighted by molar-refractivity contribution is 6.42. The monoisotopic (exact) mass is 396 g/mol. The van der Waals surface area contributed by atoms with Crippen molar-refractivity contribution in [3.63, 3.8) is 0 Å². The van der Waals surface area contributed by atoms with Gasteiger partial charge in [-0.1, -0.05) is 29.3 Å². The number of esters is 2. The van der Waals surface area contributed by atoms with E-state index in [2.05, 4.69) is 4.74 Å². The van der Waals surface area contributed by atoms with Crippen molar-refractivity contribution in [3.8, 4) is 6.07 Å². The molecule has 1 aromatic carbocycles. The Labute approximate surface area is 159 Å². The summed E-state index contributed by atoms with van der Waals surface area (Å²) >= 11 is 12.0. The van der Waals surface area contributed by atoms with E-state index in [1.165, 1.54) is 26.4 Å². The molecule has 136 valence electrons. The molecule has 0 aromatic heterocycles. The number of halogens is 2. The normalized spacial score (nSPS) is 16.7. The van der Waals surface area contributed by atoms with E-state index in [4.69, 9.17) is 38.4 Å². The highest BCUT2D eigenvalue weighted by Gasteiger charge is 2.38. The standard InChI is InChI=1S/C17H14Cl2N2O5/c1-24-13(22)6-12-15(17(23)25-2)14(9(7-20)16(21)26-12)8-3-4-10(18)11(19)5-8/h3-5,14H,6,21H2,1-2H3. The summed E-state index contributed by atoms with van der Waals surface area (Å²) < 4.78 is 14.8. The number of hydrogen-bond acceptors (Lipinski definition) is 7. The lowest BCUT2D eigenvalue weighted by Crippen LogP contribution is -2.27. The number of methoxy groups -OCH3 is 2. The second kappa shape index (κ2) is 8.13. The fourth-order valence-corrected chi connectivity index (χ4v) is 2.82. The first kappa shape index (κ1) is 19.6. The van der Waals surface area contributed by atoms with Gasteiger partial charge in [-0.25, -0.2) is 4.79 Å². The second-order valence-electron chi connectivity index (χ2n) is 5.18. The quantitative estimate of drug-likeness (QED) is 0.778. The zero-order chi connectivity index (χ0) is 19.4. The van der Waals surface area contributed by atoms with Crippen molar-refractivity contribution in [1.29, 1.82) is 5.26 Å². The van der Waals surface area contributed by atoms with Crippen molar-refractivity contribution in [2.45, 2.75) is 12.3 Å². The van der Waals surface area contributed by atoms with E-state index in [0.717, 1.165) is 0 Å². The van der Waals surface area contributed by atoms with Gasteiger partial charge in [0.15, 0.2) is 0 Å². The first-order chi connectivity index (χ1) is 12.3. The molecule has 0 fully saturated rings. The third kappa shape index (κ3) is 3.77. The largest absolute Gasteiger partial charge is 0.469 e. The van der Waals surface area contributed by atoms with Crippen LogP contribution in [0, 0.1) is 11.3 Å². The van der Waals surface area contributed by atoms with E-state index in [-0.39, 0.29) is 34.2 Å². The molecule has 26 heavy (non-hydrogen) atoms. The number of allylic oxidation sites excluding steroid dienone is 1. The fourth-order valence-electron chi connectivity index (χ4n) is 2.51. The Hall–Kier alpha value is -2.69. The van der Waals surface area contributed by atoms with Gasteiger partial charge < -0.3 is 19.9 Å². The molecule has 9 heteroatoms. The number of benzene rings is 1. The van der Waals surface area contributed by atoms with E-state index in [0.29, 0.717) is 10.6 Å². The minimum absolute atomic E-state index is 0.0163. The van der Waals surface area contributed by atoms with Crippen LogP contribution < -0.4 is 5.73 Å². The Bertz CT molecular complexity index is 870. The van der Waals surface area contributed by atoms with Gasteiger partial charge in [0.2, 0.25) is 5.88 Å². The lowest BCUT2D eigenvalue weighted by Gasteiger charge is -2.27. The van der Waals surface area contributed by atoms with Gasteiger partial charge in [0, 0.05) is 0 Å². The molecule has 1 heterocycles. The van der Waals surface area contributed by atoms with Crippen molar-refractivity contribution in [1.82, 2.24) is 0 Å². The van der Waals surface area contributed by atoms with Crippen LogP contribution in [0.1, 0.15) is 17.9 Å². The average molecular weight is 397 g/mol. The van der Waals surface area contributed by atoms with Crippen molar-refractivity contribution < 1.29 is 23.8 Å². The third-order valence-electron chi connectivity index (χ3n) is 3.71. The number of hydrogen-bond donors (Lipinski definition) is 1. The summed E-state index contributed by atoms with van der Waals surface area (Å²) in [5.41, 5.74) is 6.24. The maximum Gasteiger partial charge on any atom is 0.338 e. The fraction of sp³-hybridized carbons (Fsp3) is 0.235. The molecule has 1 atom stereocenters. The molecule has 0 spiro atoms. The molecule has 1 aliphatic heterocycles. The molecule has 1 aliphatic rings. The lowest BCUT2D eigenvalue weighted by atomic mass is 9.82. The van der Waals surface area contributed by atoms with Crippen LogP contribution in [0.15, 0.2) is 41.0 Å². The minimum atomic E-state index is -0.935. The lowest BCUT2D eigenvalue weighted by molar-refractivity contribution is -0.140. The van der Waals surface area contributed by atoms with Gasteiger partial charge in [-0.3, -0.25) is 4.79 Å². The summed E-state index contributed by atoms with van der Waals surface area (Å²) in [6.07, 6.45) is -0.363. The maximum absolute atomic E-state index is 12.4. The Morgan fingerprint density at radius 1 is 1.27 bits per heavy atom. The average Bonchev–Trinajstić information content (AvgIpc) is 2.62. The molecule has 7 nitrogen and oxygen atoms in total. The molecule has 2 rings (SSSR count). The van der Waals surface area contributed by atoms with Crippen molar-refractivity contribution in [2.24, 2.45) is 5.73 Å². The SMILES string of the molecule is COC(=O)CC1=C(C(=O)OC)C(c2ccc(Cl)c(Cl)c2)C(C#N)=C(N)O1. The molecule has 0 amide bonds. The summed E-state index contributed by atoms with van der Waals surface area (Å²) in [6.45, 7) is 0. The smallest absolute Gasteiger partial charge is 0.338 e. The van der Waals surface area contributed by atoms with Gasteiger partial charge >= 0.3 is 11.9 Å². The van der Waals surface area contributed by atoms with Gasteiger partial charge in [-0.2, -0.15) is 5.26 Å². The highest BCUT2D eigenvalue weighted by atomic mass is 35.5. The summed E-state index contributed by atoms with van der Waals surface area (Å²) in [7, 11) is 2.37. The van der Waals surface area contributed by atoms with Gasteiger partial charge in [-0.05, 0) is 17.7 Å². The molecule has 1 aromatic rings. The Morgan fingerprint density at radius 3 is 2.50 bits per heavy atom. The number of carbonyl (C=O) groups excluding carboxylic acids is 2. The predicted octanol–water partition coefficient (Wildman–Crippen LogP) is 2.79. The molecule has 0 saturated heterocycles. The maximum atomic E-state index is 12.4. The zero-order valence-electron chi connectivity index (χ0n) is 13.8. The van der Waals surface area contributed by atoms with E-state index in [9.17, 15) is 14.9 Å². The zero-order valence-corrected chi connectivity index (χ0v) is 15.4. The summed E-state index contributed by atoms with van der Waals surface area (Å²) in [5, 5.41) is 10.0. The molecular formula is C17H14Cl2N2O5. The van der Waals surface area contributed by atoms with Crippen LogP contribution in [0.4, 0.5) is 0 Å². The number of rotatable bonds is 4. The highest BCUT2D eigenvalue weighted by Crippen LogP contribution is 2.41. The number of ether oxygens (including phenoxy) is 3. The number of nitriles is 1. The summed E-state index contributed by atoms with van der Waals surface area (Å²) in [4.78, 5) is 24.1. The van der Waals surface area contributed by atoms with Crippen LogP contribution >= 0.6 is 23.2 Å². The van der Waals surface area contributed by atoms with Crippen molar-refractivity contribution >= 4 is 35.1 Å². The number of carbonyl (C=O) groups is 2. The van der Waals surface area contributed by atoms with Gasteiger partial charge in [0.1, 0.15) is 23.8 Å². The van der Waals surface area contributed by atoms with E-state index >= 15 is 0 Å². The van der Waals surface area contributed by atoms with Crippen LogP contribution in [0.3, 0.4) is 0 Å². The first-order valence-electron chi connectivity index (χ1n) is 7.24. The molecule has 0 bridgehead atoms. The minimum Gasteiger partial charge on any atom is -0.469 e. The van der Waals surface area contributed by atoms with Crippen LogP contribution in [0.25, 0.3) is 0 Å². The second-order valence-corrected chi connectivity index (χ2v) is 5.99. The molecule has 0 aliphatic carbocycles. The van der Waals surface area contributed by atoms with Crippen LogP contribution in [0.5, 0.6) is 0 Å². The van der Waals surface area contributed by atoms with Crippen molar-refractivity contribution in [2.75, 3.05) is 14.2 Å². The van der Waals surface area contributed by atoms with Crippen LogP contribution in [-0.4, -0.2) is 26.2 Å². The molecule has 0 radical (unpaired) electrons. The van der Waals surface area contributed by atoms with Crippen LogP contribution in [-0.2, 0) is 23.8 Å². The van der Waals surface area contributed by atoms with Crippen LogP contribution in [0.2, 0.25) is 10.0 Å². The Kier molecular flexibility index (Phi) is 6.14. The Morgan fingerprint density at radius 2 is 1.96 bits per heavy atom.